The van der Waals surface area contributed by atoms with E-state index in [1.807, 2.05) is 24.3 Å². The quantitative estimate of drug-likeness (QED) is 0.903. The van der Waals surface area contributed by atoms with Crippen LogP contribution in [0.1, 0.15) is 35.7 Å². The minimum atomic E-state index is -0.422. The highest BCUT2D eigenvalue weighted by Crippen LogP contribution is 2.15. The number of hydrogen-bond donors (Lipinski definition) is 1. The van der Waals surface area contributed by atoms with Crippen LogP contribution in [0.2, 0.25) is 0 Å². The van der Waals surface area contributed by atoms with Gasteiger partial charge in [-0.25, -0.2) is 4.79 Å². The Morgan fingerprint density at radius 1 is 1.39 bits per heavy atom. The van der Waals surface area contributed by atoms with E-state index in [1.165, 1.54) is 0 Å². The van der Waals surface area contributed by atoms with Crippen molar-refractivity contribution >= 4 is 12.0 Å². The van der Waals surface area contributed by atoms with Gasteiger partial charge in [-0.15, -0.1) is 0 Å². The third-order valence-electron chi connectivity index (χ3n) is 3.79. The fraction of sp³-hybridized carbons (Fsp3) is 0.529. The zero-order chi connectivity index (χ0) is 16.7. The number of likely N-dealkylation sites (tertiary alicyclic amines) is 1. The number of hydrogen-bond acceptors (Lipinski definition) is 4. The normalized spacial score (nSPS) is 17.7. The second kappa shape index (κ2) is 8.53. The van der Waals surface area contributed by atoms with E-state index in [0.29, 0.717) is 31.9 Å². The highest BCUT2D eigenvalue weighted by Gasteiger charge is 2.25. The van der Waals surface area contributed by atoms with Crippen molar-refractivity contribution in [3.63, 3.8) is 0 Å². The molecule has 0 spiro atoms. The number of carbonyl (C=O) groups excluding carboxylic acids is 2. The second-order valence-corrected chi connectivity index (χ2v) is 5.59. The van der Waals surface area contributed by atoms with Gasteiger partial charge < -0.3 is 19.7 Å². The van der Waals surface area contributed by atoms with Gasteiger partial charge in [0.05, 0.1) is 13.2 Å². The Hall–Kier alpha value is -2.08. The molecule has 1 aromatic rings. The SMILES string of the molecule is CCOC(=O)NC1CCCN(C(=O)c2cccc(COC)c2)C1. The van der Waals surface area contributed by atoms with Crippen LogP contribution in [0.25, 0.3) is 0 Å². The maximum atomic E-state index is 12.7. The van der Waals surface area contributed by atoms with Crippen molar-refractivity contribution in [3.05, 3.63) is 35.4 Å². The highest BCUT2D eigenvalue weighted by molar-refractivity contribution is 5.94. The number of ether oxygens (including phenoxy) is 2. The van der Waals surface area contributed by atoms with Gasteiger partial charge in [-0.05, 0) is 37.5 Å². The van der Waals surface area contributed by atoms with Gasteiger partial charge in [0, 0.05) is 31.8 Å². The third-order valence-corrected chi connectivity index (χ3v) is 3.79. The zero-order valence-corrected chi connectivity index (χ0v) is 13.7. The highest BCUT2D eigenvalue weighted by atomic mass is 16.5. The Balaban J connectivity index is 1.98. The number of benzene rings is 1. The zero-order valence-electron chi connectivity index (χ0n) is 13.7. The van der Waals surface area contributed by atoms with Crippen LogP contribution in [0.4, 0.5) is 4.79 Å². The summed E-state index contributed by atoms with van der Waals surface area (Å²) < 4.78 is 10.0. The van der Waals surface area contributed by atoms with E-state index < -0.39 is 6.09 Å². The monoisotopic (exact) mass is 320 g/mol. The molecule has 1 fully saturated rings. The van der Waals surface area contributed by atoms with Gasteiger partial charge in [-0.2, -0.15) is 0 Å². The first kappa shape index (κ1) is 17.3. The molecular formula is C17H24N2O4. The molecular weight excluding hydrogens is 296 g/mol. The molecule has 1 atom stereocenters. The van der Waals surface area contributed by atoms with Crippen LogP contribution in [0, 0.1) is 0 Å². The first-order valence-corrected chi connectivity index (χ1v) is 7.94. The Labute approximate surface area is 136 Å². The molecule has 1 unspecified atom stereocenters. The maximum absolute atomic E-state index is 12.7. The predicted molar refractivity (Wildman–Crippen MR) is 86.2 cm³/mol. The Morgan fingerprint density at radius 3 is 2.96 bits per heavy atom. The fourth-order valence-corrected chi connectivity index (χ4v) is 2.76. The molecule has 0 radical (unpaired) electrons. The van der Waals surface area contributed by atoms with Crippen LogP contribution in [0.3, 0.4) is 0 Å². The Bertz CT molecular complexity index is 547. The molecule has 2 rings (SSSR count). The lowest BCUT2D eigenvalue weighted by Gasteiger charge is -2.33. The van der Waals surface area contributed by atoms with Crippen molar-refractivity contribution < 1.29 is 19.1 Å². The summed E-state index contributed by atoms with van der Waals surface area (Å²) in [7, 11) is 1.63. The molecule has 0 aromatic heterocycles. The van der Waals surface area contributed by atoms with Gasteiger partial charge in [0.15, 0.2) is 0 Å². The summed E-state index contributed by atoms with van der Waals surface area (Å²) in [5, 5.41) is 2.81. The second-order valence-electron chi connectivity index (χ2n) is 5.59. The number of carbonyl (C=O) groups is 2. The number of alkyl carbamates (subject to hydrolysis) is 1. The number of methoxy groups -OCH3 is 1. The van der Waals surface area contributed by atoms with E-state index in [2.05, 4.69) is 5.32 Å². The number of nitrogens with one attached hydrogen (secondary N) is 1. The smallest absolute Gasteiger partial charge is 0.407 e. The standard InChI is InChI=1S/C17H24N2O4/c1-3-23-17(21)18-15-8-5-9-19(11-15)16(20)14-7-4-6-13(10-14)12-22-2/h4,6-7,10,15H,3,5,8-9,11-12H2,1-2H3,(H,18,21). The molecule has 23 heavy (non-hydrogen) atoms. The molecule has 0 aliphatic carbocycles. The van der Waals surface area contributed by atoms with Crippen LogP contribution in [-0.4, -0.2) is 49.7 Å². The summed E-state index contributed by atoms with van der Waals surface area (Å²) in [6.45, 7) is 3.80. The van der Waals surface area contributed by atoms with Gasteiger partial charge in [-0.3, -0.25) is 4.79 Å². The van der Waals surface area contributed by atoms with Crippen LogP contribution in [0.5, 0.6) is 0 Å². The lowest BCUT2D eigenvalue weighted by molar-refractivity contribution is 0.0686. The van der Waals surface area contributed by atoms with Crippen LogP contribution < -0.4 is 5.32 Å². The summed E-state index contributed by atoms with van der Waals surface area (Å²) in [6.07, 6.45) is 1.29. The Morgan fingerprint density at radius 2 is 2.22 bits per heavy atom. The first-order valence-electron chi connectivity index (χ1n) is 7.94. The van der Waals surface area contributed by atoms with Gasteiger partial charge in [-0.1, -0.05) is 12.1 Å². The molecule has 1 aliphatic rings. The summed E-state index contributed by atoms with van der Waals surface area (Å²) in [5.74, 6) is -0.0155. The van der Waals surface area contributed by atoms with E-state index in [-0.39, 0.29) is 11.9 Å². The molecule has 6 nitrogen and oxygen atoms in total. The summed E-state index contributed by atoms with van der Waals surface area (Å²) in [4.78, 5) is 26.0. The fourth-order valence-electron chi connectivity index (χ4n) is 2.76. The average molecular weight is 320 g/mol. The van der Waals surface area contributed by atoms with Crippen molar-refractivity contribution in [2.75, 3.05) is 26.8 Å². The molecule has 0 bridgehead atoms. The number of piperidine rings is 1. The van der Waals surface area contributed by atoms with Crippen molar-refractivity contribution in [2.24, 2.45) is 0 Å². The molecule has 1 N–H and O–H groups in total. The minimum absolute atomic E-state index is 0.0155. The molecule has 1 aliphatic heterocycles. The number of amides is 2. The molecule has 126 valence electrons. The van der Waals surface area contributed by atoms with Gasteiger partial charge in [0.25, 0.3) is 5.91 Å². The molecule has 1 aromatic carbocycles. The van der Waals surface area contributed by atoms with E-state index in [1.54, 1.807) is 18.9 Å². The minimum Gasteiger partial charge on any atom is -0.450 e. The van der Waals surface area contributed by atoms with E-state index in [4.69, 9.17) is 9.47 Å². The largest absolute Gasteiger partial charge is 0.450 e. The molecule has 2 amide bonds. The first-order chi connectivity index (χ1) is 11.1. The van der Waals surface area contributed by atoms with Crippen molar-refractivity contribution in [1.29, 1.82) is 0 Å². The van der Waals surface area contributed by atoms with Crippen LogP contribution >= 0.6 is 0 Å². The molecule has 1 heterocycles. The maximum Gasteiger partial charge on any atom is 0.407 e. The molecule has 1 saturated heterocycles. The van der Waals surface area contributed by atoms with Crippen LogP contribution in [-0.2, 0) is 16.1 Å². The summed E-state index contributed by atoms with van der Waals surface area (Å²) in [6, 6.07) is 7.40. The summed E-state index contributed by atoms with van der Waals surface area (Å²) >= 11 is 0. The van der Waals surface area contributed by atoms with Crippen LogP contribution in [0.15, 0.2) is 24.3 Å². The van der Waals surface area contributed by atoms with E-state index >= 15 is 0 Å². The van der Waals surface area contributed by atoms with Gasteiger partial charge in [0.1, 0.15) is 0 Å². The van der Waals surface area contributed by atoms with Crippen molar-refractivity contribution in [3.8, 4) is 0 Å². The lowest BCUT2D eigenvalue weighted by atomic mass is 10.0. The van der Waals surface area contributed by atoms with Crippen molar-refractivity contribution in [1.82, 2.24) is 10.2 Å². The molecule has 6 heteroatoms. The van der Waals surface area contributed by atoms with Crippen molar-refractivity contribution in [2.45, 2.75) is 32.4 Å². The van der Waals surface area contributed by atoms with Gasteiger partial charge in [0.2, 0.25) is 0 Å². The van der Waals surface area contributed by atoms with E-state index in [0.717, 1.165) is 18.4 Å². The Kier molecular flexibility index (Phi) is 6.40. The molecule has 0 saturated carbocycles. The predicted octanol–water partition coefficient (Wildman–Crippen LogP) is 2.18. The van der Waals surface area contributed by atoms with Gasteiger partial charge >= 0.3 is 6.09 Å². The number of rotatable bonds is 5. The lowest BCUT2D eigenvalue weighted by Crippen LogP contribution is -2.49. The summed E-state index contributed by atoms with van der Waals surface area (Å²) in [5.41, 5.74) is 1.62. The average Bonchev–Trinajstić information content (AvgIpc) is 2.55. The van der Waals surface area contributed by atoms with E-state index in [9.17, 15) is 9.59 Å². The third kappa shape index (κ3) is 4.96. The topological polar surface area (TPSA) is 67.9 Å². The number of nitrogens with zero attached hydrogens (tertiary/aromatic N) is 1.